The molecule has 0 aliphatic heterocycles. The minimum atomic E-state index is -0.271. The third kappa shape index (κ3) is 22.4. The summed E-state index contributed by atoms with van der Waals surface area (Å²) in [6.45, 7) is 9.63. The van der Waals surface area contributed by atoms with Crippen molar-refractivity contribution >= 4 is 5.97 Å². The van der Waals surface area contributed by atoms with E-state index in [4.69, 9.17) is 4.74 Å². The van der Waals surface area contributed by atoms with Gasteiger partial charge in [-0.05, 0) is 26.2 Å². The maximum atomic E-state index is 13.1. The van der Waals surface area contributed by atoms with Gasteiger partial charge in [0.25, 0.3) is 0 Å². The van der Waals surface area contributed by atoms with Crippen molar-refractivity contribution in [1.82, 2.24) is 0 Å². The highest BCUT2D eigenvalue weighted by atomic mass is 16.5. The molecule has 0 amide bonds. The summed E-state index contributed by atoms with van der Waals surface area (Å²) >= 11 is 0. The first-order chi connectivity index (χ1) is 17.1. The van der Waals surface area contributed by atoms with Gasteiger partial charge in [0.05, 0.1) is 12.0 Å². The fourth-order valence-electron chi connectivity index (χ4n) is 5.20. The lowest BCUT2D eigenvalue weighted by atomic mass is 9.79. The van der Waals surface area contributed by atoms with Gasteiger partial charge in [-0.3, -0.25) is 4.79 Å². The van der Waals surface area contributed by atoms with Gasteiger partial charge >= 0.3 is 5.97 Å². The third-order valence-electron chi connectivity index (χ3n) is 7.89. The summed E-state index contributed by atoms with van der Waals surface area (Å²) in [5, 5.41) is 0. The van der Waals surface area contributed by atoms with Gasteiger partial charge in [-0.2, -0.15) is 0 Å². The lowest BCUT2D eigenvalue weighted by Crippen LogP contribution is -2.30. The molecule has 2 nitrogen and oxygen atoms in total. The summed E-state index contributed by atoms with van der Waals surface area (Å²) in [6.07, 6.45) is 33.6. The second-order valence-electron chi connectivity index (χ2n) is 11.6. The summed E-state index contributed by atoms with van der Waals surface area (Å²) in [6, 6.07) is 0. The normalized spacial score (nSPS) is 13.1. The molecular formula is C33H66O2. The summed E-state index contributed by atoms with van der Waals surface area (Å²) in [5.74, 6) is 0.0852. The lowest BCUT2D eigenvalue weighted by Gasteiger charge is -2.27. The number of esters is 1. The molecule has 0 N–H and O–H groups in total. The van der Waals surface area contributed by atoms with E-state index in [1.807, 2.05) is 0 Å². The van der Waals surface area contributed by atoms with Crippen molar-refractivity contribution in [2.45, 2.75) is 195 Å². The van der Waals surface area contributed by atoms with Gasteiger partial charge in [0, 0.05) is 0 Å². The fourth-order valence-corrected chi connectivity index (χ4v) is 5.20. The summed E-state index contributed by atoms with van der Waals surface area (Å²) < 4.78 is 5.85. The smallest absolute Gasteiger partial charge is 0.311 e. The molecule has 0 spiro atoms. The molecule has 0 aliphatic carbocycles. The highest BCUT2D eigenvalue weighted by molar-refractivity contribution is 5.76. The van der Waals surface area contributed by atoms with Crippen LogP contribution in [-0.2, 0) is 9.53 Å². The van der Waals surface area contributed by atoms with E-state index in [-0.39, 0.29) is 11.4 Å². The standard InChI is InChI=1S/C33H66O2/c1-5-8-11-14-16-17-18-19-20-22-25-28-31-35-32(34)33(4,29-26-23-13-10-7-3)30-27-24-21-15-12-9-6-2/h5-31H2,1-4H3. The van der Waals surface area contributed by atoms with E-state index in [1.165, 1.54) is 148 Å². The van der Waals surface area contributed by atoms with Crippen molar-refractivity contribution in [3.05, 3.63) is 0 Å². The zero-order valence-electron chi connectivity index (χ0n) is 24.9. The molecule has 1 atom stereocenters. The number of unbranched alkanes of at least 4 members (excludes halogenated alkanes) is 21. The van der Waals surface area contributed by atoms with Crippen molar-refractivity contribution in [3.63, 3.8) is 0 Å². The van der Waals surface area contributed by atoms with Crippen LogP contribution in [0.3, 0.4) is 0 Å². The molecule has 1 unspecified atom stereocenters. The average molecular weight is 495 g/mol. The van der Waals surface area contributed by atoms with E-state index in [1.54, 1.807) is 0 Å². The molecule has 0 fully saturated rings. The molecule has 0 aromatic heterocycles. The molecule has 2 heteroatoms. The molecular weight excluding hydrogens is 428 g/mol. The van der Waals surface area contributed by atoms with Crippen molar-refractivity contribution in [1.29, 1.82) is 0 Å². The average Bonchev–Trinajstić information content (AvgIpc) is 2.86. The Bertz CT molecular complexity index is 433. The third-order valence-corrected chi connectivity index (χ3v) is 7.89. The number of carbonyl (C=O) groups is 1. The Hall–Kier alpha value is -0.530. The Morgan fingerprint density at radius 3 is 1.09 bits per heavy atom. The molecule has 0 aromatic carbocycles. The van der Waals surface area contributed by atoms with Crippen LogP contribution in [0.2, 0.25) is 0 Å². The van der Waals surface area contributed by atoms with Crippen LogP contribution in [0, 0.1) is 5.41 Å². The zero-order valence-corrected chi connectivity index (χ0v) is 24.9. The van der Waals surface area contributed by atoms with Crippen LogP contribution in [0.4, 0.5) is 0 Å². The highest BCUT2D eigenvalue weighted by Gasteiger charge is 2.33. The summed E-state index contributed by atoms with van der Waals surface area (Å²) in [7, 11) is 0. The molecule has 210 valence electrons. The topological polar surface area (TPSA) is 26.3 Å². The first kappa shape index (κ1) is 34.5. The molecule has 0 bridgehead atoms. The van der Waals surface area contributed by atoms with Crippen LogP contribution >= 0.6 is 0 Å². The van der Waals surface area contributed by atoms with Gasteiger partial charge in [0.1, 0.15) is 0 Å². The predicted molar refractivity (Wildman–Crippen MR) is 156 cm³/mol. The Morgan fingerprint density at radius 2 is 0.743 bits per heavy atom. The van der Waals surface area contributed by atoms with Gasteiger partial charge in [-0.1, -0.05) is 168 Å². The van der Waals surface area contributed by atoms with Crippen LogP contribution < -0.4 is 0 Å². The first-order valence-corrected chi connectivity index (χ1v) is 16.3. The van der Waals surface area contributed by atoms with Crippen molar-refractivity contribution in [2.75, 3.05) is 6.61 Å². The van der Waals surface area contributed by atoms with Crippen molar-refractivity contribution < 1.29 is 9.53 Å². The molecule has 0 aromatic rings. The van der Waals surface area contributed by atoms with E-state index in [0.29, 0.717) is 6.61 Å². The van der Waals surface area contributed by atoms with Crippen LogP contribution in [0.15, 0.2) is 0 Å². The molecule has 0 saturated heterocycles. The van der Waals surface area contributed by atoms with Gasteiger partial charge in [0.2, 0.25) is 0 Å². The van der Waals surface area contributed by atoms with Crippen LogP contribution in [0.5, 0.6) is 0 Å². The SMILES string of the molecule is CCCCCCCCCCCCCCOC(=O)C(C)(CCCCCCC)CCCCCCCCC. The van der Waals surface area contributed by atoms with Crippen LogP contribution in [0.1, 0.15) is 195 Å². The second kappa shape index (κ2) is 26.5. The number of hydrogen-bond acceptors (Lipinski definition) is 2. The second-order valence-corrected chi connectivity index (χ2v) is 11.6. The summed E-state index contributed by atoms with van der Waals surface area (Å²) in [5.41, 5.74) is -0.271. The van der Waals surface area contributed by atoms with Crippen molar-refractivity contribution in [3.8, 4) is 0 Å². The molecule has 0 aliphatic rings. The van der Waals surface area contributed by atoms with Crippen molar-refractivity contribution in [2.24, 2.45) is 5.41 Å². The maximum Gasteiger partial charge on any atom is 0.311 e. The number of ether oxygens (including phenoxy) is 1. The number of carbonyl (C=O) groups excluding carboxylic acids is 1. The quantitative estimate of drug-likeness (QED) is 0.0798. The first-order valence-electron chi connectivity index (χ1n) is 16.3. The van der Waals surface area contributed by atoms with Gasteiger partial charge < -0.3 is 4.74 Å². The van der Waals surface area contributed by atoms with E-state index < -0.39 is 0 Å². The monoisotopic (exact) mass is 495 g/mol. The minimum absolute atomic E-state index is 0.0852. The van der Waals surface area contributed by atoms with E-state index >= 15 is 0 Å². The van der Waals surface area contributed by atoms with Gasteiger partial charge in [-0.25, -0.2) is 0 Å². The minimum Gasteiger partial charge on any atom is -0.465 e. The zero-order chi connectivity index (χ0) is 25.9. The molecule has 0 saturated carbocycles. The largest absolute Gasteiger partial charge is 0.465 e. The van der Waals surface area contributed by atoms with Gasteiger partial charge in [-0.15, -0.1) is 0 Å². The van der Waals surface area contributed by atoms with Gasteiger partial charge in [0.15, 0.2) is 0 Å². The maximum absolute atomic E-state index is 13.1. The molecule has 35 heavy (non-hydrogen) atoms. The van der Waals surface area contributed by atoms with E-state index in [9.17, 15) is 4.79 Å². The Labute approximate surface area is 222 Å². The van der Waals surface area contributed by atoms with Crippen LogP contribution in [-0.4, -0.2) is 12.6 Å². The molecule has 0 radical (unpaired) electrons. The number of hydrogen-bond donors (Lipinski definition) is 0. The summed E-state index contributed by atoms with van der Waals surface area (Å²) in [4.78, 5) is 13.1. The molecule has 0 rings (SSSR count). The number of rotatable bonds is 28. The van der Waals surface area contributed by atoms with Crippen LogP contribution in [0.25, 0.3) is 0 Å². The Balaban J connectivity index is 4.04. The highest BCUT2D eigenvalue weighted by Crippen LogP contribution is 2.33. The predicted octanol–water partition coefficient (Wildman–Crippen LogP) is 11.7. The van der Waals surface area contributed by atoms with E-state index in [0.717, 1.165) is 19.3 Å². The molecule has 0 heterocycles. The lowest BCUT2D eigenvalue weighted by molar-refractivity contribution is -0.156. The Kier molecular flexibility index (Phi) is 26.1. The Morgan fingerprint density at radius 1 is 0.457 bits per heavy atom. The fraction of sp³-hybridized carbons (Fsp3) is 0.970. The van der Waals surface area contributed by atoms with E-state index in [2.05, 4.69) is 27.7 Å².